The van der Waals surface area contributed by atoms with Gasteiger partial charge in [-0.2, -0.15) is 0 Å². The molecule has 6 heteroatoms. The number of hydrogen-bond acceptors (Lipinski definition) is 3. The fourth-order valence-electron chi connectivity index (χ4n) is 3.01. The van der Waals surface area contributed by atoms with E-state index >= 15 is 0 Å². The molecule has 2 aromatic carbocycles. The zero-order chi connectivity index (χ0) is 19.0. The summed E-state index contributed by atoms with van der Waals surface area (Å²) in [7, 11) is 0. The highest BCUT2D eigenvalue weighted by atomic mass is 35.5. The van der Waals surface area contributed by atoms with E-state index in [-0.39, 0.29) is 13.0 Å². The summed E-state index contributed by atoms with van der Waals surface area (Å²) in [6, 6.07) is 14.0. The van der Waals surface area contributed by atoms with Crippen molar-refractivity contribution in [3.8, 4) is 0 Å². The van der Waals surface area contributed by atoms with Crippen LogP contribution in [0.1, 0.15) is 37.3 Å². The van der Waals surface area contributed by atoms with Crippen molar-refractivity contribution >= 4 is 39.9 Å². The molecule has 1 saturated carbocycles. The smallest absolute Gasteiger partial charge is 0.247 e. The summed E-state index contributed by atoms with van der Waals surface area (Å²) in [6.07, 6.45) is 1.82. The van der Waals surface area contributed by atoms with Gasteiger partial charge in [0.15, 0.2) is 0 Å². The lowest BCUT2D eigenvalue weighted by Gasteiger charge is -2.15. The monoisotopic (exact) mass is 404 g/mol. The Morgan fingerprint density at radius 1 is 1.19 bits per heavy atom. The number of hydrogen-bond donors (Lipinski definition) is 1. The topological polar surface area (TPSA) is 24.4 Å². The molecule has 0 atom stereocenters. The molecule has 1 aliphatic carbocycles. The summed E-state index contributed by atoms with van der Waals surface area (Å²) in [5.74, 6) is -2.67. The van der Waals surface area contributed by atoms with Crippen molar-refractivity contribution in [1.29, 1.82) is 0 Å². The Balaban J connectivity index is 1.64. The molecule has 1 fully saturated rings. The maximum atomic E-state index is 13.1. The summed E-state index contributed by atoms with van der Waals surface area (Å²) < 4.78 is 26.3. The number of fused-ring (bicyclic) bond motifs is 2. The van der Waals surface area contributed by atoms with E-state index in [2.05, 4.69) is 10.3 Å². The average Bonchev–Trinajstić information content (AvgIpc) is 3.45. The van der Waals surface area contributed by atoms with Crippen molar-refractivity contribution in [3.05, 3.63) is 59.2 Å². The van der Waals surface area contributed by atoms with E-state index in [4.69, 9.17) is 11.6 Å². The molecule has 0 aromatic heterocycles. The second kappa shape index (κ2) is 7.28. The minimum absolute atomic E-state index is 0.191. The van der Waals surface area contributed by atoms with Crippen LogP contribution >= 0.6 is 23.4 Å². The molecule has 2 aromatic rings. The Labute approximate surface area is 166 Å². The summed E-state index contributed by atoms with van der Waals surface area (Å²) in [5.41, 5.74) is 4.93. The van der Waals surface area contributed by atoms with E-state index in [0.29, 0.717) is 5.17 Å². The molecule has 2 nitrogen and oxygen atoms in total. The van der Waals surface area contributed by atoms with Gasteiger partial charge in [0.2, 0.25) is 5.92 Å². The quantitative estimate of drug-likeness (QED) is 0.606. The normalized spacial score (nSPS) is 15.4. The van der Waals surface area contributed by atoms with E-state index in [9.17, 15) is 8.78 Å². The number of nitrogens with zero attached hydrogens (tertiary/aromatic N) is 1. The van der Waals surface area contributed by atoms with Gasteiger partial charge in [-0.25, -0.2) is 13.8 Å². The van der Waals surface area contributed by atoms with Crippen molar-refractivity contribution in [2.75, 3.05) is 6.54 Å². The van der Waals surface area contributed by atoms with Crippen LogP contribution in [0.15, 0.2) is 62.8 Å². The molecule has 1 aliphatic heterocycles. The molecule has 0 saturated heterocycles. The van der Waals surface area contributed by atoms with Crippen LogP contribution in [-0.4, -0.2) is 17.6 Å². The fraction of sp³-hybridized carbons (Fsp3) is 0.286. The number of aliphatic imine (C=N–C) groups is 1. The molecule has 1 N–H and O–H groups in total. The molecule has 1 heterocycles. The van der Waals surface area contributed by atoms with Crippen LogP contribution in [-0.2, 0) is 0 Å². The molecule has 0 bridgehead atoms. The van der Waals surface area contributed by atoms with Crippen LogP contribution in [0.4, 0.5) is 14.5 Å². The van der Waals surface area contributed by atoms with Gasteiger partial charge in [-0.15, -0.1) is 0 Å². The fourth-order valence-corrected chi connectivity index (χ4v) is 4.32. The predicted molar refractivity (Wildman–Crippen MR) is 108 cm³/mol. The van der Waals surface area contributed by atoms with Gasteiger partial charge in [-0.05, 0) is 49.1 Å². The molecule has 0 radical (unpaired) electrons. The number of rotatable bonds is 5. The third-order valence-corrected chi connectivity index (χ3v) is 5.94. The molecule has 4 rings (SSSR count). The lowest BCUT2D eigenvalue weighted by atomic mass is 10.1. The molecular weight excluding hydrogens is 386 g/mol. The van der Waals surface area contributed by atoms with Crippen molar-refractivity contribution < 1.29 is 8.78 Å². The molecule has 140 valence electrons. The maximum Gasteiger partial charge on any atom is 0.247 e. The first-order valence-electron chi connectivity index (χ1n) is 8.90. The van der Waals surface area contributed by atoms with E-state index in [1.807, 2.05) is 42.5 Å². The van der Waals surface area contributed by atoms with Gasteiger partial charge < -0.3 is 5.32 Å². The van der Waals surface area contributed by atoms with Gasteiger partial charge in [-0.1, -0.05) is 47.6 Å². The van der Waals surface area contributed by atoms with Crippen LogP contribution in [0.2, 0.25) is 0 Å². The van der Waals surface area contributed by atoms with Crippen molar-refractivity contribution in [3.63, 3.8) is 0 Å². The Kier molecular flexibility index (Phi) is 4.99. The number of alkyl halides is 2. The Hall–Kier alpha value is -1.85. The standard InChI is InChI=1S/C21H19ClF2N2S/c1-21(23,24)10-11-25-19(13-6-7-13)14-8-9-18-16(12-14)26-20(22)15-4-2-3-5-17(15)27-18/h2-5,8-9,12,25H,6-7,10-11H2,1H3. The second-order valence-electron chi connectivity index (χ2n) is 6.91. The van der Waals surface area contributed by atoms with E-state index < -0.39 is 5.92 Å². The molecule has 0 unspecified atom stereocenters. The molecule has 27 heavy (non-hydrogen) atoms. The van der Waals surface area contributed by atoms with Gasteiger partial charge in [0.25, 0.3) is 0 Å². The zero-order valence-electron chi connectivity index (χ0n) is 14.9. The summed E-state index contributed by atoms with van der Waals surface area (Å²) in [6.45, 7) is 1.19. The predicted octanol–water partition coefficient (Wildman–Crippen LogP) is 6.61. The van der Waals surface area contributed by atoms with Gasteiger partial charge in [-0.3, -0.25) is 0 Å². The average molecular weight is 405 g/mol. The molecule has 2 aliphatic rings. The Bertz CT molecular complexity index is 941. The highest BCUT2D eigenvalue weighted by molar-refractivity contribution is 7.99. The maximum absolute atomic E-state index is 13.1. The zero-order valence-corrected chi connectivity index (χ0v) is 16.4. The Morgan fingerprint density at radius 3 is 2.70 bits per heavy atom. The van der Waals surface area contributed by atoms with Gasteiger partial charge in [0.05, 0.1) is 5.69 Å². The largest absolute Gasteiger partial charge is 0.384 e. The summed E-state index contributed by atoms with van der Waals surface area (Å²) in [4.78, 5) is 6.71. The molecule has 0 spiro atoms. The SMILES string of the molecule is CC(F)(F)CCNC(=C1CC1)c1ccc2c(c1)N=C(Cl)c1ccccc1S2. The van der Waals surface area contributed by atoms with Crippen LogP contribution in [0.25, 0.3) is 5.70 Å². The number of nitrogens with one attached hydrogen (secondary N) is 1. The lowest BCUT2D eigenvalue weighted by molar-refractivity contribution is 0.0144. The van der Waals surface area contributed by atoms with Gasteiger partial charge in [0, 0.05) is 34.0 Å². The number of allylic oxidation sites excluding steroid dienone is 1. The van der Waals surface area contributed by atoms with Crippen LogP contribution in [0.5, 0.6) is 0 Å². The van der Waals surface area contributed by atoms with Crippen LogP contribution in [0, 0.1) is 0 Å². The third-order valence-electron chi connectivity index (χ3n) is 4.51. The van der Waals surface area contributed by atoms with Crippen molar-refractivity contribution in [2.45, 2.75) is 41.9 Å². The highest BCUT2D eigenvalue weighted by Gasteiger charge is 2.24. The second-order valence-corrected chi connectivity index (χ2v) is 8.35. The summed E-state index contributed by atoms with van der Waals surface area (Å²) in [5, 5.41) is 3.68. The van der Waals surface area contributed by atoms with Crippen LogP contribution < -0.4 is 5.32 Å². The molecular formula is C21H19ClF2N2S. The van der Waals surface area contributed by atoms with E-state index in [0.717, 1.165) is 52.1 Å². The van der Waals surface area contributed by atoms with Crippen molar-refractivity contribution in [2.24, 2.45) is 4.99 Å². The Morgan fingerprint density at radius 2 is 1.96 bits per heavy atom. The van der Waals surface area contributed by atoms with Crippen molar-refractivity contribution in [1.82, 2.24) is 5.32 Å². The first-order valence-corrected chi connectivity index (χ1v) is 10.1. The van der Waals surface area contributed by atoms with Crippen LogP contribution in [0.3, 0.4) is 0 Å². The lowest BCUT2D eigenvalue weighted by Crippen LogP contribution is -2.21. The third kappa shape index (κ3) is 4.36. The van der Waals surface area contributed by atoms with Gasteiger partial charge in [0.1, 0.15) is 5.17 Å². The summed E-state index contributed by atoms with van der Waals surface area (Å²) >= 11 is 8.08. The minimum Gasteiger partial charge on any atom is -0.384 e. The van der Waals surface area contributed by atoms with E-state index in [1.54, 1.807) is 11.8 Å². The number of benzene rings is 2. The molecule has 0 amide bonds. The minimum atomic E-state index is -2.67. The number of halogens is 3. The first kappa shape index (κ1) is 18.5. The van der Waals surface area contributed by atoms with E-state index in [1.165, 1.54) is 5.57 Å². The van der Waals surface area contributed by atoms with Gasteiger partial charge >= 0.3 is 0 Å². The highest BCUT2D eigenvalue weighted by Crippen LogP contribution is 2.43. The first-order chi connectivity index (χ1) is 12.9.